The molecule has 2 atom stereocenters. The third kappa shape index (κ3) is 6.01. The van der Waals surface area contributed by atoms with Crippen LogP contribution in [0.2, 0.25) is 0 Å². The topological polar surface area (TPSA) is 71.1 Å². The average molecular weight is 621 g/mol. The van der Waals surface area contributed by atoms with Crippen LogP contribution >= 0.6 is 0 Å². The number of esters is 2. The maximum atomic E-state index is 15.7. The van der Waals surface area contributed by atoms with Gasteiger partial charge in [0, 0.05) is 6.07 Å². The van der Waals surface area contributed by atoms with Gasteiger partial charge in [0.15, 0.2) is 12.3 Å². The van der Waals surface area contributed by atoms with Crippen LogP contribution in [-0.2, 0) is 16.1 Å². The molecular weight excluding hydrogens is 594 g/mol. The second kappa shape index (κ2) is 12.9. The van der Waals surface area contributed by atoms with Crippen LogP contribution in [0.15, 0.2) is 64.8 Å². The maximum Gasteiger partial charge on any atom is 0.344 e. The molecule has 0 radical (unpaired) electrons. The first-order valence-electron chi connectivity index (χ1n) is 13.1. The second-order valence-corrected chi connectivity index (χ2v) is 9.97. The Balaban J connectivity index is 1.57. The third-order valence-electron chi connectivity index (χ3n) is 7.21. The summed E-state index contributed by atoms with van der Waals surface area (Å²) in [4.78, 5) is 26.2. The molecule has 1 aliphatic carbocycles. The molecule has 0 saturated heterocycles. The molecule has 3 aromatic carbocycles. The van der Waals surface area contributed by atoms with Crippen molar-refractivity contribution in [1.82, 2.24) is 0 Å². The van der Waals surface area contributed by atoms with Crippen molar-refractivity contribution in [1.29, 1.82) is 0 Å². The molecule has 1 aliphatic rings. The van der Waals surface area contributed by atoms with Gasteiger partial charge in [0.05, 0.1) is 12.7 Å². The van der Waals surface area contributed by atoms with E-state index in [-0.39, 0.29) is 34.6 Å². The number of hydrogen-bond acceptors (Lipinski definition) is 6. The molecule has 0 spiro atoms. The molecule has 3 aromatic rings. The molecular formula is C32H26F6O6. The summed E-state index contributed by atoms with van der Waals surface area (Å²) in [5, 5.41) is 0. The minimum absolute atomic E-state index is 0.00429. The number of benzene rings is 3. The van der Waals surface area contributed by atoms with Crippen molar-refractivity contribution in [3.05, 3.63) is 111 Å². The van der Waals surface area contributed by atoms with Crippen molar-refractivity contribution in [2.24, 2.45) is 0 Å². The second-order valence-electron chi connectivity index (χ2n) is 9.97. The van der Waals surface area contributed by atoms with E-state index in [1.54, 1.807) is 13.0 Å². The van der Waals surface area contributed by atoms with Crippen molar-refractivity contribution in [3.63, 3.8) is 0 Å². The zero-order chi connectivity index (χ0) is 32.5. The lowest BCUT2D eigenvalue weighted by Gasteiger charge is -2.31. The van der Waals surface area contributed by atoms with E-state index in [0.29, 0.717) is 11.3 Å². The molecule has 0 saturated carbocycles. The van der Waals surface area contributed by atoms with Gasteiger partial charge in [-0.05, 0) is 61.6 Å². The van der Waals surface area contributed by atoms with E-state index in [0.717, 1.165) is 12.5 Å². The number of carbonyl (C=O) groups is 2. The molecule has 0 heterocycles. The van der Waals surface area contributed by atoms with Crippen molar-refractivity contribution < 1.29 is 54.9 Å². The Morgan fingerprint density at radius 3 is 1.98 bits per heavy atom. The van der Waals surface area contributed by atoms with E-state index in [1.807, 2.05) is 30.3 Å². The van der Waals surface area contributed by atoms with Crippen LogP contribution in [0.1, 0.15) is 42.3 Å². The highest BCUT2D eigenvalue weighted by atomic mass is 19.2. The van der Waals surface area contributed by atoms with Crippen LogP contribution in [0.3, 0.4) is 0 Å². The Morgan fingerprint density at radius 2 is 1.39 bits per heavy atom. The Morgan fingerprint density at radius 1 is 0.795 bits per heavy atom. The summed E-state index contributed by atoms with van der Waals surface area (Å²) in [6.45, 7) is 5.67. The highest BCUT2D eigenvalue weighted by molar-refractivity contribution is 5.97. The SMILES string of the molecule is COc1cc(OCc2ccccc2)cc(C)c1C(=O)OC1C(C)=C(C)C(C(=O)Oc2c(F)c(F)c(F)c(F)c2F)=C(C)C1F. The third-order valence-corrected chi connectivity index (χ3v) is 7.21. The van der Waals surface area contributed by atoms with Crippen LogP contribution in [0.5, 0.6) is 17.2 Å². The minimum atomic E-state index is -2.44. The van der Waals surface area contributed by atoms with Gasteiger partial charge in [0.25, 0.3) is 0 Å². The quantitative estimate of drug-likeness (QED) is 0.0859. The molecule has 6 nitrogen and oxygen atoms in total. The molecule has 0 amide bonds. The van der Waals surface area contributed by atoms with E-state index < -0.39 is 64.6 Å². The van der Waals surface area contributed by atoms with E-state index in [9.17, 15) is 31.5 Å². The van der Waals surface area contributed by atoms with Crippen LogP contribution in [0, 0.1) is 36.0 Å². The lowest BCUT2D eigenvalue weighted by atomic mass is 9.84. The molecule has 0 N–H and O–H groups in total. The summed E-state index contributed by atoms with van der Waals surface area (Å²) in [5.41, 5.74) is 0.497. The van der Waals surface area contributed by atoms with E-state index in [1.165, 1.54) is 27.0 Å². The summed E-state index contributed by atoms with van der Waals surface area (Å²) in [7, 11) is 1.33. The average Bonchev–Trinajstić information content (AvgIpc) is 3.01. The number of ether oxygens (including phenoxy) is 4. The summed E-state index contributed by atoms with van der Waals surface area (Å²) >= 11 is 0. The highest BCUT2D eigenvalue weighted by Gasteiger charge is 2.39. The molecule has 2 unspecified atom stereocenters. The Kier molecular flexibility index (Phi) is 9.41. The molecule has 0 aromatic heterocycles. The predicted octanol–water partition coefficient (Wildman–Crippen LogP) is 7.41. The van der Waals surface area contributed by atoms with E-state index >= 15 is 4.39 Å². The molecule has 4 rings (SSSR count). The number of methoxy groups -OCH3 is 1. The fourth-order valence-electron chi connectivity index (χ4n) is 4.72. The van der Waals surface area contributed by atoms with Gasteiger partial charge in [-0.15, -0.1) is 0 Å². The summed E-state index contributed by atoms with van der Waals surface area (Å²) in [6, 6.07) is 12.4. The van der Waals surface area contributed by atoms with Gasteiger partial charge in [-0.3, -0.25) is 0 Å². The monoisotopic (exact) mass is 620 g/mol. The molecule has 0 fully saturated rings. The van der Waals surface area contributed by atoms with Gasteiger partial charge in [-0.2, -0.15) is 8.78 Å². The normalized spacial score (nSPS) is 16.6. The van der Waals surface area contributed by atoms with Crippen molar-refractivity contribution >= 4 is 11.9 Å². The molecule has 0 bridgehead atoms. The number of hydrogen-bond donors (Lipinski definition) is 0. The minimum Gasteiger partial charge on any atom is -0.496 e. The zero-order valence-electron chi connectivity index (χ0n) is 24.1. The molecule has 0 aliphatic heterocycles. The molecule has 44 heavy (non-hydrogen) atoms. The number of halogens is 6. The number of rotatable bonds is 8. The van der Waals surface area contributed by atoms with E-state index in [4.69, 9.17) is 14.2 Å². The predicted molar refractivity (Wildman–Crippen MR) is 146 cm³/mol. The lowest BCUT2D eigenvalue weighted by molar-refractivity contribution is -0.130. The Hall–Kier alpha value is -4.74. The first-order chi connectivity index (χ1) is 20.8. The van der Waals surface area contributed by atoms with Crippen LogP contribution in [0.4, 0.5) is 26.3 Å². The van der Waals surface area contributed by atoms with Gasteiger partial charge in [0.1, 0.15) is 23.7 Å². The van der Waals surface area contributed by atoms with Crippen LogP contribution in [0.25, 0.3) is 0 Å². The van der Waals surface area contributed by atoms with Crippen LogP contribution < -0.4 is 14.2 Å². The summed E-state index contributed by atoms with van der Waals surface area (Å²) < 4.78 is 106. The summed E-state index contributed by atoms with van der Waals surface area (Å²) in [5.74, 6) is -15.7. The van der Waals surface area contributed by atoms with Gasteiger partial charge in [-0.1, -0.05) is 30.3 Å². The zero-order valence-corrected chi connectivity index (χ0v) is 24.1. The van der Waals surface area contributed by atoms with Gasteiger partial charge in [0.2, 0.25) is 34.8 Å². The standard InChI is InChI=1S/C32H26F6O6/c1-14-11-19(42-13-18-9-7-6-8-10-18)12-20(41-5)21(14)31(39)43-29-16(3)15(2)22(17(4)23(29)33)32(40)44-30-27(37)25(35)24(34)26(36)28(30)38/h6-12,23,29H,13H2,1-5H3. The lowest BCUT2D eigenvalue weighted by Crippen LogP contribution is -2.36. The Bertz CT molecular complexity index is 1670. The largest absolute Gasteiger partial charge is 0.496 e. The number of alkyl halides is 1. The first-order valence-corrected chi connectivity index (χ1v) is 13.1. The van der Waals surface area contributed by atoms with Crippen molar-refractivity contribution in [2.45, 2.75) is 46.6 Å². The van der Waals surface area contributed by atoms with Crippen LogP contribution in [-0.4, -0.2) is 31.3 Å². The first kappa shape index (κ1) is 32.2. The van der Waals surface area contributed by atoms with Crippen molar-refractivity contribution in [3.8, 4) is 17.2 Å². The molecule has 232 valence electrons. The van der Waals surface area contributed by atoms with Gasteiger partial charge in [-0.25, -0.2) is 27.2 Å². The van der Waals surface area contributed by atoms with Gasteiger partial charge >= 0.3 is 11.9 Å². The fraction of sp³-hybridized carbons (Fsp3) is 0.250. The van der Waals surface area contributed by atoms with Gasteiger partial charge < -0.3 is 18.9 Å². The molecule has 12 heteroatoms. The van der Waals surface area contributed by atoms with Crippen molar-refractivity contribution in [2.75, 3.05) is 7.11 Å². The number of carbonyl (C=O) groups excluding carboxylic acids is 2. The van der Waals surface area contributed by atoms with E-state index in [2.05, 4.69) is 4.74 Å². The highest BCUT2D eigenvalue weighted by Crippen LogP contribution is 2.38. The Labute approximate surface area is 248 Å². The fourth-order valence-corrected chi connectivity index (χ4v) is 4.72. The smallest absolute Gasteiger partial charge is 0.344 e. The summed E-state index contributed by atoms with van der Waals surface area (Å²) in [6.07, 6.45) is -3.67. The maximum absolute atomic E-state index is 15.7. The number of aryl methyl sites for hydroxylation is 1.